The van der Waals surface area contributed by atoms with E-state index in [-0.39, 0.29) is 0 Å². The molecule has 2 rings (SSSR count). The molecule has 0 saturated heterocycles. The van der Waals surface area contributed by atoms with Crippen molar-refractivity contribution >= 4 is 32.7 Å². The molecule has 0 saturated carbocycles. The van der Waals surface area contributed by atoms with E-state index >= 15 is 0 Å². The highest BCUT2D eigenvalue weighted by molar-refractivity contribution is 9.10. The fourth-order valence-electron chi connectivity index (χ4n) is 2.22. The lowest BCUT2D eigenvalue weighted by molar-refractivity contribution is 1.07. The number of benzene rings is 1. The number of hydrogen-bond acceptors (Lipinski definition) is 2. The van der Waals surface area contributed by atoms with Gasteiger partial charge in [0.05, 0.1) is 5.52 Å². The van der Waals surface area contributed by atoms with Gasteiger partial charge >= 0.3 is 0 Å². The van der Waals surface area contributed by atoms with E-state index in [1.807, 2.05) is 0 Å². The van der Waals surface area contributed by atoms with Crippen molar-refractivity contribution in [3.8, 4) is 0 Å². The maximum Gasteiger partial charge on any atom is 0.129 e. The van der Waals surface area contributed by atoms with Gasteiger partial charge in [0.25, 0.3) is 0 Å². The molecule has 0 aliphatic carbocycles. The van der Waals surface area contributed by atoms with Crippen molar-refractivity contribution < 1.29 is 0 Å². The van der Waals surface area contributed by atoms with Gasteiger partial charge in [-0.2, -0.15) is 0 Å². The number of rotatable bonds is 4. The molecule has 2 aromatic rings. The quantitative estimate of drug-likeness (QED) is 0.896. The van der Waals surface area contributed by atoms with Crippen LogP contribution in [0.25, 0.3) is 10.9 Å². The van der Waals surface area contributed by atoms with Crippen LogP contribution >= 0.6 is 15.9 Å². The van der Waals surface area contributed by atoms with Crippen molar-refractivity contribution in [3.05, 3.63) is 33.8 Å². The first kappa shape index (κ1) is 13.3. The van der Waals surface area contributed by atoms with Crippen LogP contribution in [0.2, 0.25) is 0 Å². The first-order valence-electron chi connectivity index (χ1n) is 6.55. The molecule has 1 aromatic carbocycles. The summed E-state index contributed by atoms with van der Waals surface area (Å²) in [6.07, 6.45) is 2.00. The largest absolute Gasteiger partial charge is 0.370 e. The molecule has 0 aliphatic heterocycles. The molecule has 0 bridgehead atoms. The normalized spacial score (nSPS) is 10.9. The van der Waals surface area contributed by atoms with Gasteiger partial charge in [-0.1, -0.05) is 29.8 Å². The van der Waals surface area contributed by atoms with Crippen LogP contribution in [-0.4, -0.2) is 11.5 Å². The summed E-state index contributed by atoms with van der Waals surface area (Å²) in [6.45, 7) is 7.35. The zero-order valence-corrected chi connectivity index (χ0v) is 12.8. The Hall–Kier alpha value is -1.09. The fourth-order valence-corrected chi connectivity index (χ4v) is 2.75. The van der Waals surface area contributed by atoms with Crippen molar-refractivity contribution in [1.29, 1.82) is 0 Å². The molecule has 0 amide bonds. The maximum absolute atomic E-state index is 4.82. The first-order chi connectivity index (χ1) is 8.69. The molecule has 0 aliphatic rings. The number of nitrogens with zero attached hydrogens (tertiary/aromatic N) is 1. The number of hydrogen-bond donors (Lipinski definition) is 1. The molecule has 1 N–H and O–H groups in total. The topological polar surface area (TPSA) is 24.9 Å². The Morgan fingerprint density at radius 1 is 1.06 bits per heavy atom. The van der Waals surface area contributed by atoms with Crippen LogP contribution in [-0.2, 0) is 12.8 Å². The average Bonchev–Trinajstić information content (AvgIpc) is 2.37. The van der Waals surface area contributed by atoms with Crippen LogP contribution in [0.15, 0.2) is 22.7 Å². The standard InChI is InChI=1S/C15H19BrN2/c1-4-10-8-13(16)9-12-7-11(5-2)15(17-6-3)18-14(10)12/h7-9H,4-6H2,1-3H3,(H,17,18). The predicted octanol–water partition coefficient (Wildman–Crippen LogP) is 4.55. The molecule has 96 valence electrons. The van der Waals surface area contributed by atoms with Gasteiger partial charge in [0.2, 0.25) is 0 Å². The Morgan fingerprint density at radius 2 is 1.78 bits per heavy atom. The highest BCUT2D eigenvalue weighted by Gasteiger charge is 2.08. The van der Waals surface area contributed by atoms with Crippen LogP contribution in [0.4, 0.5) is 5.82 Å². The third-order valence-corrected chi connectivity index (χ3v) is 3.60. The number of halogens is 1. The number of fused-ring (bicyclic) bond motifs is 1. The Labute approximate surface area is 117 Å². The van der Waals surface area contributed by atoms with Crippen molar-refractivity contribution in [1.82, 2.24) is 4.98 Å². The lowest BCUT2D eigenvalue weighted by Gasteiger charge is -2.12. The summed E-state index contributed by atoms with van der Waals surface area (Å²) in [5.74, 6) is 1.03. The molecule has 3 heteroatoms. The summed E-state index contributed by atoms with van der Waals surface area (Å²) in [4.78, 5) is 4.82. The van der Waals surface area contributed by atoms with Gasteiger partial charge < -0.3 is 5.32 Å². The monoisotopic (exact) mass is 306 g/mol. The first-order valence-corrected chi connectivity index (χ1v) is 7.34. The molecule has 0 radical (unpaired) electrons. The van der Waals surface area contributed by atoms with E-state index in [1.54, 1.807) is 0 Å². The maximum atomic E-state index is 4.82. The van der Waals surface area contributed by atoms with Crippen molar-refractivity contribution in [2.45, 2.75) is 33.6 Å². The van der Waals surface area contributed by atoms with Crippen molar-refractivity contribution in [2.24, 2.45) is 0 Å². The van der Waals surface area contributed by atoms with Gasteiger partial charge in [-0.25, -0.2) is 4.98 Å². The highest BCUT2D eigenvalue weighted by Crippen LogP contribution is 2.27. The Morgan fingerprint density at radius 3 is 2.39 bits per heavy atom. The third kappa shape index (κ3) is 2.51. The predicted molar refractivity (Wildman–Crippen MR) is 82.4 cm³/mol. The molecule has 0 fully saturated rings. The Bertz CT molecular complexity index is 564. The van der Waals surface area contributed by atoms with Crippen LogP contribution < -0.4 is 5.32 Å². The van der Waals surface area contributed by atoms with Crippen molar-refractivity contribution in [2.75, 3.05) is 11.9 Å². The van der Waals surface area contributed by atoms with Gasteiger partial charge in [-0.05, 0) is 49.1 Å². The van der Waals surface area contributed by atoms with Gasteiger partial charge in [0, 0.05) is 16.4 Å². The fraction of sp³-hybridized carbons (Fsp3) is 0.400. The summed E-state index contributed by atoms with van der Waals surface area (Å²) >= 11 is 3.58. The minimum absolute atomic E-state index is 0.906. The van der Waals surface area contributed by atoms with Crippen LogP contribution in [0.3, 0.4) is 0 Å². The molecular weight excluding hydrogens is 288 g/mol. The molecular formula is C15H19BrN2. The molecule has 0 atom stereocenters. The number of aromatic nitrogens is 1. The lowest BCUT2D eigenvalue weighted by atomic mass is 10.0. The SMILES string of the molecule is CCNc1nc2c(CC)cc(Br)cc2cc1CC. The van der Waals surface area contributed by atoms with E-state index in [9.17, 15) is 0 Å². The number of pyridine rings is 1. The van der Waals surface area contributed by atoms with Gasteiger partial charge in [0.1, 0.15) is 5.82 Å². The summed E-state index contributed by atoms with van der Waals surface area (Å²) in [5.41, 5.74) is 3.69. The van der Waals surface area contributed by atoms with Crippen LogP contribution in [0.1, 0.15) is 31.9 Å². The van der Waals surface area contributed by atoms with E-state index in [0.717, 1.165) is 35.2 Å². The van der Waals surface area contributed by atoms with Gasteiger partial charge in [0.15, 0.2) is 0 Å². The van der Waals surface area contributed by atoms with Crippen LogP contribution in [0, 0.1) is 0 Å². The Balaban J connectivity index is 2.70. The summed E-state index contributed by atoms with van der Waals surface area (Å²) < 4.78 is 1.13. The smallest absolute Gasteiger partial charge is 0.129 e. The van der Waals surface area contributed by atoms with Gasteiger partial charge in [-0.3, -0.25) is 0 Å². The van der Waals surface area contributed by atoms with Gasteiger partial charge in [-0.15, -0.1) is 0 Å². The number of aryl methyl sites for hydroxylation is 2. The summed E-state index contributed by atoms with van der Waals surface area (Å²) in [5, 5.41) is 4.58. The second-order valence-corrected chi connectivity index (χ2v) is 5.29. The van der Waals surface area contributed by atoms with E-state index in [4.69, 9.17) is 4.98 Å². The highest BCUT2D eigenvalue weighted by atomic mass is 79.9. The Kier molecular flexibility index (Phi) is 4.23. The zero-order chi connectivity index (χ0) is 13.1. The minimum atomic E-state index is 0.906. The van der Waals surface area contributed by atoms with E-state index in [0.29, 0.717) is 0 Å². The molecule has 18 heavy (non-hydrogen) atoms. The van der Waals surface area contributed by atoms with E-state index in [1.165, 1.54) is 16.5 Å². The zero-order valence-electron chi connectivity index (χ0n) is 11.2. The third-order valence-electron chi connectivity index (χ3n) is 3.15. The number of nitrogens with one attached hydrogen (secondary N) is 1. The minimum Gasteiger partial charge on any atom is -0.370 e. The lowest BCUT2D eigenvalue weighted by Crippen LogP contribution is -2.04. The molecule has 0 spiro atoms. The molecule has 2 nitrogen and oxygen atoms in total. The second-order valence-electron chi connectivity index (χ2n) is 4.37. The summed E-state index contributed by atoms with van der Waals surface area (Å²) in [7, 11) is 0. The van der Waals surface area contributed by atoms with Crippen molar-refractivity contribution in [3.63, 3.8) is 0 Å². The second kappa shape index (κ2) is 5.70. The molecule has 1 heterocycles. The summed E-state index contributed by atoms with van der Waals surface area (Å²) in [6, 6.07) is 6.57. The van der Waals surface area contributed by atoms with E-state index < -0.39 is 0 Å². The molecule has 1 aromatic heterocycles. The van der Waals surface area contributed by atoms with Crippen LogP contribution in [0.5, 0.6) is 0 Å². The van der Waals surface area contributed by atoms with E-state index in [2.05, 4.69) is 60.2 Å². The molecule has 0 unspecified atom stereocenters. The average molecular weight is 307 g/mol. The number of anilines is 1.